The third-order valence-electron chi connectivity index (χ3n) is 6.67. The SMILES string of the molecule is CSc1ccc(CN2C[C@H]3C[C@@H](C2)[C@H](C(=O)N2CC=CC2)n2c3cccc2=O)cc1. The Hall–Kier alpha value is -2.31. The molecule has 6 heteroatoms. The molecule has 1 fully saturated rings. The fourth-order valence-electron chi connectivity index (χ4n) is 5.31. The van der Waals surface area contributed by atoms with Crippen molar-refractivity contribution >= 4 is 17.7 Å². The summed E-state index contributed by atoms with van der Waals surface area (Å²) in [5.41, 5.74) is 2.27. The minimum absolute atomic E-state index is 0.0474. The van der Waals surface area contributed by atoms with Gasteiger partial charge < -0.3 is 4.90 Å². The number of carbonyl (C=O) groups is 1. The number of aromatic nitrogens is 1. The van der Waals surface area contributed by atoms with Crippen LogP contribution in [0.25, 0.3) is 0 Å². The van der Waals surface area contributed by atoms with Gasteiger partial charge in [0.1, 0.15) is 6.04 Å². The summed E-state index contributed by atoms with van der Waals surface area (Å²) in [5.74, 6) is 0.544. The van der Waals surface area contributed by atoms with Gasteiger partial charge in [-0.3, -0.25) is 19.1 Å². The van der Waals surface area contributed by atoms with Gasteiger partial charge in [0, 0.05) is 61.2 Å². The van der Waals surface area contributed by atoms with E-state index in [1.165, 1.54) is 10.5 Å². The highest BCUT2D eigenvalue weighted by atomic mass is 32.2. The third-order valence-corrected chi connectivity index (χ3v) is 7.41. The number of amides is 1. The molecule has 156 valence electrons. The summed E-state index contributed by atoms with van der Waals surface area (Å²) >= 11 is 1.75. The number of thioether (sulfide) groups is 1. The third kappa shape index (κ3) is 3.52. The van der Waals surface area contributed by atoms with Crippen molar-refractivity contribution in [2.45, 2.75) is 29.8 Å². The van der Waals surface area contributed by atoms with Crippen molar-refractivity contribution in [3.8, 4) is 0 Å². The van der Waals surface area contributed by atoms with E-state index < -0.39 is 6.04 Å². The first-order chi connectivity index (χ1) is 14.6. The van der Waals surface area contributed by atoms with Crippen molar-refractivity contribution in [3.63, 3.8) is 0 Å². The van der Waals surface area contributed by atoms with E-state index in [0.29, 0.717) is 19.0 Å². The predicted octanol–water partition coefficient (Wildman–Crippen LogP) is 3.13. The lowest BCUT2D eigenvalue weighted by Crippen LogP contribution is -2.53. The summed E-state index contributed by atoms with van der Waals surface area (Å²) in [5, 5.41) is 0. The molecule has 5 nitrogen and oxygen atoms in total. The van der Waals surface area contributed by atoms with Gasteiger partial charge in [-0.25, -0.2) is 0 Å². The number of nitrogens with zero attached hydrogens (tertiary/aromatic N) is 3. The van der Waals surface area contributed by atoms with Gasteiger partial charge in [-0.15, -0.1) is 11.8 Å². The van der Waals surface area contributed by atoms with Crippen molar-refractivity contribution in [1.82, 2.24) is 14.4 Å². The Labute approximate surface area is 181 Å². The maximum absolute atomic E-state index is 13.5. The lowest BCUT2D eigenvalue weighted by Gasteiger charge is -2.47. The van der Waals surface area contributed by atoms with Gasteiger partial charge in [-0.05, 0) is 36.4 Å². The smallest absolute Gasteiger partial charge is 0.251 e. The number of likely N-dealkylation sites (tertiary alicyclic amines) is 1. The molecule has 30 heavy (non-hydrogen) atoms. The van der Waals surface area contributed by atoms with Crippen molar-refractivity contribution < 1.29 is 4.79 Å². The molecule has 0 N–H and O–H groups in total. The summed E-state index contributed by atoms with van der Waals surface area (Å²) in [7, 11) is 0. The van der Waals surface area contributed by atoms with Crippen LogP contribution in [0.4, 0.5) is 0 Å². The van der Waals surface area contributed by atoms with Gasteiger partial charge in [0.25, 0.3) is 5.56 Å². The quantitative estimate of drug-likeness (QED) is 0.562. The van der Waals surface area contributed by atoms with Crippen molar-refractivity contribution in [1.29, 1.82) is 0 Å². The molecule has 0 radical (unpaired) electrons. The monoisotopic (exact) mass is 421 g/mol. The molecular formula is C24H27N3O2S. The number of hydrogen-bond acceptors (Lipinski definition) is 4. The minimum atomic E-state index is -0.397. The average molecular weight is 422 g/mol. The zero-order valence-corrected chi connectivity index (χ0v) is 18.1. The Morgan fingerprint density at radius 1 is 1.07 bits per heavy atom. The Kier molecular flexibility index (Phi) is 5.29. The van der Waals surface area contributed by atoms with Crippen molar-refractivity contribution in [3.05, 3.63) is 76.2 Å². The van der Waals surface area contributed by atoms with Crippen LogP contribution >= 0.6 is 11.8 Å². The summed E-state index contributed by atoms with van der Waals surface area (Å²) in [6.45, 7) is 3.95. The molecule has 1 saturated heterocycles. The molecule has 3 atom stereocenters. The zero-order chi connectivity index (χ0) is 20.7. The Bertz CT molecular complexity index is 1020. The van der Waals surface area contributed by atoms with Crippen molar-refractivity contribution in [2.24, 2.45) is 5.92 Å². The van der Waals surface area contributed by atoms with E-state index in [9.17, 15) is 9.59 Å². The molecule has 0 spiro atoms. The molecule has 1 aromatic heterocycles. The average Bonchev–Trinajstić information content (AvgIpc) is 3.30. The fraction of sp³-hybridized carbons (Fsp3) is 0.417. The van der Waals surface area contributed by atoms with Crippen LogP contribution in [0.3, 0.4) is 0 Å². The molecule has 3 aliphatic rings. The topological polar surface area (TPSA) is 45.6 Å². The second kappa shape index (κ2) is 8.08. The van der Waals surface area contributed by atoms with E-state index in [1.807, 2.05) is 33.8 Å². The van der Waals surface area contributed by atoms with E-state index in [2.05, 4.69) is 35.4 Å². The summed E-state index contributed by atoms with van der Waals surface area (Å²) < 4.78 is 1.81. The maximum atomic E-state index is 13.5. The van der Waals surface area contributed by atoms with Gasteiger partial charge >= 0.3 is 0 Å². The summed E-state index contributed by atoms with van der Waals surface area (Å²) in [6, 6.07) is 13.8. The van der Waals surface area contributed by atoms with Crippen LogP contribution in [0.1, 0.15) is 29.6 Å². The molecule has 5 rings (SSSR count). The van der Waals surface area contributed by atoms with Crippen LogP contribution in [-0.4, -0.2) is 52.7 Å². The summed E-state index contributed by atoms with van der Waals surface area (Å²) in [6.07, 6.45) is 7.13. The predicted molar refractivity (Wildman–Crippen MR) is 120 cm³/mol. The van der Waals surface area contributed by atoms with Crippen LogP contribution in [0.5, 0.6) is 0 Å². The first-order valence-corrected chi connectivity index (χ1v) is 11.9. The molecule has 2 bridgehead atoms. The van der Waals surface area contributed by atoms with E-state index in [1.54, 1.807) is 17.8 Å². The molecule has 1 amide bonds. The van der Waals surface area contributed by atoms with Crippen LogP contribution in [0.2, 0.25) is 0 Å². The second-order valence-corrected chi connectivity index (χ2v) is 9.43. The van der Waals surface area contributed by atoms with Crippen LogP contribution in [0.15, 0.2) is 64.3 Å². The molecule has 4 heterocycles. The van der Waals surface area contributed by atoms with Crippen molar-refractivity contribution in [2.75, 3.05) is 32.4 Å². The second-order valence-electron chi connectivity index (χ2n) is 8.55. The first-order valence-electron chi connectivity index (χ1n) is 10.6. The highest BCUT2D eigenvalue weighted by Crippen LogP contribution is 2.42. The van der Waals surface area contributed by atoms with E-state index >= 15 is 0 Å². The number of carbonyl (C=O) groups excluding carboxylic acids is 1. The summed E-state index contributed by atoms with van der Waals surface area (Å²) in [4.78, 5) is 31.9. The van der Waals surface area contributed by atoms with E-state index in [-0.39, 0.29) is 17.4 Å². The van der Waals surface area contributed by atoms with Gasteiger partial charge in [0.2, 0.25) is 5.91 Å². The van der Waals surface area contributed by atoms with Crippen LogP contribution in [0, 0.1) is 5.92 Å². The first kappa shape index (κ1) is 19.6. The number of rotatable bonds is 4. The fourth-order valence-corrected chi connectivity index (χ4v) is 5.72. The van der Waals surface area contributed by atoms with E-state index in [4.69, 9.17) is 0 Å². The van der Waals surface area contributed by atoms with E-state index in [0.717, 1.165) is 31.7 Å². The molecule has 1 aromatic carbocycles. The Balaban J connectivity index is 1.45. The normalized spacial score (nSPS) is 25.4. The van der Waals surface area contributed by atoms with Gasteiger partial charge in [0.15, 0.2) is 0 Å². The van der Waals surface area contributed by atoms with Gasteiger partial charge in [-0.1, -0.05) is 30.4 Å². The Morgan fingerprint density at radius 3 is 2.57 bits per heavy atom. The Morgan fingerprint density at radius 2 is 1.83 bits per heavy atom. The maximum Gasteiger partial charge on any atom is 0.251 e. The molecular weight excluding hydrogens is 394 g/mol. The van der Waals surface area contributed by atoms with Gasteiger partial charge in [0.05, 0.1) is 0 Å². The number of pyridine rings is 1. The highest BCUT2D eigenvalue weighted by Gasteiger charge is 2.44. The molecule has 0 unspecified atom stereocenters. The van der Waals surface area contributed by atoms with Crippen LogP contribution < -0.4 is 5.56 Å². The number of fused-ring (bicyclic) bond motifs is 4. The molecule has 0 aliphatic carbocycles. The number of piperidine rings is 1. The lowest BCUT2D eigenvalue weighted by atomic mass is 9.78. The molecule has 0 saturated carbocycles. The minimum Gasteiger partial charge on any atom is -0.333 e. The largest absolute Gasteiger partial charge is 0.333 e. The standard InChI is InChI=1S/C24H27N3O2S/c1-30-20-9-7-17(8-10-20)14-25-15-18-13-19(16-25)23(24(29)26-11-2-3-12-26)27-21(18)5-4-6-22(27)28/h2-10,18-19,23H,11-16H2,1H3/t18-,19+,23-/m1/s1. The lowest BCUT2D eigenvalue weighted by molar-refractivity contribution is -0.137. The zero-order valence-electron chi connectivity index (χ0n) is 17.2. The number of benzene rings is 1. The molecule has 2 aromatic rings. The van der Waals surface area contributed by atoms with Crippen LogP contribution in [-0.2, 0) is 11.3 Å². The number of hydrogen-bond donors (Lipinski definition) is 0. The molecule has 3 aliphatic heterocycles. The van der Waals surface area contributed by atoms with Gasteiger partial charge in [-0.2, -0.15) is 0 Å². The highest BCUT2D eigenvalue weighted by molar-refractivity contribution is 7.98.